The average molecular weight is 486 g/mol. The number of thioether (sulfide) groups is 1. The van der Waals surface area contributed by atoms with Crippen LogP contribution in [0.2, 0.25) is 0 Å². The van der Waals surface area contributed by atoms with Crippen LogP contribution < -0.4 is 10.9 Å². The molecule has 2 heterocycles. The largest absolute Gasteiger partial charge is 0.325 e. The highest BCUT2D eigenvalue weighted by Gasteiger charge is 2.17. The summed E-state index contributed by atoms with van der Waals surface area (Å²) >= 11 is 4.75. The van der Waals surface area contributed by atoms with Crippen molar-refractivity contribution in [3.05, 3.63) is 62.9 Å². The minimum Gasteiger partial charge on any atom is -0.325 e. The zero-order chi connectivity index (χ0) is 21.3. The van der Waals surface area contributed by atoms with Gasteiger partial charge in [0.05, 0.1) is 16.7 Å². The molecule has 1 amide bonds. The summed E-state index contributed by atoms with van der Waals surface area (Å²) in [5.74, 6) is 0.536. The van der Waals surface area contributed by atoms with E-state index < -0.39 is 0 Å². The molecule has 0 aliphatic heterocycles. The number of benzene rings is 2. The van der Waals surface area contributed by atoms with Crippen molar-refractivity contribution >= 4 is 56.0 Å². The molecule has 30 heavy (non-hydrogen) atoms. The van der Waals surface area contributed by atoms with Gasteiger partial charge in [-0.3, -0.25) is 18.6 Å². The number of halogens is 1. The lowest BCUT2D eigenvalue weighted by molar-refractivity contribution is -0.113. The van der Waals surface area contributed by atoms with Crippen LogP contribution >= 0.6 is 27.7 Å². The van der Waals surface area contributed by atoms with E-state index in [2.05, 4.69) is 31.4 Å². The van der Waals surface area contributed by atoms with Crippen molar-refractivity contribution < 1.29 is 4.79 Å². The third-order valence-corrected chi connectivity index (χ3v) is 6.52. The first kappa shape index (κ1) is 20.6. The van der Waals surface area contributed by atoms with Crippen LogP contribution in [0.25, 0.3) is 16.7 Å². The van der Waals surface area contributed by atoms with Gasteiger partial charge in [-0.15, -0.1) is 10.2 Å². The van der Waals surface area contributed by atoms with Crippen molar-refractivity contribution in [2.45, 2.75) is 32.0 Å². The topological polar surface area (TPSA) is 81.3 Å². The Kier molecular flexibility index (Phi) is 5.92. The molecule has 2 aromatic heterocycles. The molecule has 0 unspecified atom stereocenters. The summed E-state index contributed by atoms with van der Waals surface area (Å²) in [5.41, 5.74) is 2.45. The molecule has 0 saturated carbocycles. The molecule has 4 aromatic rings. The van der Waals surface area contributed by atoms with E-state index in [4.69, 9.17) is 0 Å². The standard InChI is InChI=1S/C21H20BrN5O2S/c1-3-10-26-19(29)15-6-4-5-7-17(15)27-20(26)24-25-21(27)30-12-18(28)23-14-8-9-16(22)13(2)11-14/h4-9,11H,3,10,12H2,1-2H3,(H,23,28). The zero-order valence-electron chi connectivity index (χ0n) is 16.6. The Morgan fingerprint density at radius 1 is 1.20 bits per heavy atom. The Balaban J connectivity index is 1.64. The van der Waals surface area contributed by atoms with E-state index in [0.29, 0.717) is 22.9 Å². The first-order chi connectivity index (χ1) is 14.5. The van der Waals surface area contributed by atoms with Crippen LogP contribution in [0, 0.1) is 6.92 Å². The summed E-state index contributed by atoms with van der Waals surface area (Å²) in [5, 5.41) is 12.6. The molecule has 0 aliphatic carbocycles. The number of anilines is 1. The first-order valence-corrected chi connectivity index (χ1v) is 11.3. The van der Waals surface area contributed by atoms with Gasteiger partial charge in [-0.2, -0.15) is 0 Å². The number of amides is 1. The summed E-state index contributed by atoms with van der Waals surface area (Å²) in [6.07, 6.45) is 0.804. The maximum absolute atomic E-state index is 12.9. The zero-order valence-corrected chi connectivity index (χ0v) is 19.0. The SMILES string of the molecule is CCCn1c(=O)c2ccccc2n2c(SCC(=O)Nc3ccc(Br)c(C)c3)nnc12. The van der Waals surface area contributed by atoms with E-state index in [9.17, 15) is 9.59 Å². The summed E-state index contributed by atoms with van der Waals surface area (Å²) in [6.45, 7) is 4.54. The number of nitrogens with zero attached hydrogens (tertiary/aromatic N) is 4. The van der Waals surface area contributed by atoms with Crippen LogP contribution in [-0.2, 0) is 11.3 Å². The van der Waals surface area contributed by atoms with Crippen molar-refractivity contribution in [3.63, 3.8) is 0 Å². The minimum atomic E-state index is -0.135. The highest BCUT2D eigenvalue weighted by atomic mass is 79.9. The number of fused-ring (bicyclic) bond motifs is 3. The predicted octanol–water partition coefficient (Wildman–Crippen LogP) is 4.26. The number of para-hydroxylation sites is 1. The lowest BCUT2D eigenvalue weighted by atomic mass is 10.2. The lowest BCUT2D eigenvalue weighted by Gasteiger charge is -2.10. The molecule has 2 aromatic carbocycles. The van der Waals surface area contributed by atoms with Gasteiger partial charge in [-0.1, -0.05) is 46.7 Å². The number of rotatable bonds is 6. The highest BCUT2D eigenvalue weighted by Crippen LogP contribution is 2.23. The first-order valence-electron chi connectivity index (χ1n) is 9.55. The third kappa shape index (κ3) is 3.87. The smallest absolute Gasteiger partial charge is 0.262 e. The van der Waals surface area contributed by atoms with Crippen LogP contribution in [0.3, 0.4) is 0 Å². The fraction of sp³-hybridized carbons (Fsp3) is 0.238. The molecule has 0 spiro atoms. The van der Waals surface area contributed by atoms with Crippen molar-refractivity contribution in [2.24, 2.45) is 0 Å². The number of nitrogens with one attached hydrogen (secondary N) is 1. The van der Waals surface area contributed by atoms with Crippen molar-refractivity contribution in [2.75, 3.05) is 11.1 Å². The second-order valence-electron chi connectivity index (χ2n) is 6.89. The summed E-state index contributed by atoms with van der Waals surface area (Å²) in [4.78, 5) is 25.3. The molecule has 1 N–H and O–H groups in total. The van der Waals surface area contributed by atoms with Crippen LogP contribution in [-0.4, -0.2) is 30.8 Å². The van der Waals surface area contributed by atoms with Gasteiger partial charge in [-0.25, -0.2) is 0 Å². The number of carbonyl (C=O) groups is 1. The number of aryl methyl sites for hydroxylation is 2. The van der Waals surface area contributed by atoms with Crippen molar-refractivity contribution in [1.82, 2.24) is 19.2 Å². The highest BCUT2D eigenvalue weighted by molar-refractivity contribution is 9.10. The van der Waals surface area contributed by atoms with Gasteiger partial charge in [0.2, 0.25) is 11.7 Å². The number of aromatic nitrogens is 4. The predicted molar refractivity (Wildman–Crippen MR) is 123 cm³/mol. The van der Waals surface area contributed by atoms with Crippen LogP contribution in [0.1, 0.15) is 18.9 Å². The maximum atomic E-state index is 12.9. The third-order valence-electron chi connectivity index (χ3n) is 4.70. The maximum Gasteiger partial charge on any atom is 0.262 e. The molecule has 0 saturated heterocycles. The van der Waals surface area contributed by atoms with E-state index in [-0.39, 0.29) is 17.2 Å². The Hall–Kier alpha value is -2.65. The molecule has 0 fully saturated rings. The Bertz CT molecular complexity index is 1310. The normalized spacial score (nSPS) is 11.3. The van der Waals surface area contributed by atoms with Gasteiger partial charge in [0.15, 0.2) is 5.16 Å². The van der Waals surface area contributed by atoms with Gasteiger partial charge in [0, 0.05) is 16.7 Å². The monoisotopic (exact) mass is 485 g/mol. The van der Waals surface area contributed by atoms with Crippen LogP contribution in [0.4, 0.5) is 5.69 Å². The van der Waals surface area contributed by atoms with E-state index >= 15 is 0 Å². The van der Waals surface area contributed by atoms with Crippen LogP contribution in [0.15, 0.2) is 56.9 Å². The van der Waals surface area contributed by atoms with E-state index in [0.717, 1.165) is 27.7 Å². The molecule has 9 heteroatoms. The fourth-order valence-corrected chi connectivity index (χ4v) is 4.29. The van der Waals surface area contributed by atoms with Gasteiger partial charge >= 0.3 is 0 Å². The van der Waals surface area contributed by atoms with E-state index in [1.165, 1.54) is 11.8 Å². The molecule has 0 radical (unpaired) electrons. The summed E-state index contributed by atoms with van der Waals surface area (Å²) in [6, 6.07) is 13.1. The number of hydrogen-bond donors (Lipinski definition) is 1. The summed E-state index contributed by atoms with van der Waals surface area (Å²) in [7, 11) is 0. The Morgan fingerprint density at radius 2 is 2.00 bits per heavy atom. The molecule has 0 aliphatic rings. The quantitative estimate of drug-likeness (QED) is 0.412. The lowest BCUT2D eigenvalue weighted by Crippen LogP contribution is -2.23. The Morgan fingerprint density at radius 3 is 2.77 bits per heavy atom. The average Bonchev–Trinajstić information content (AvgIpc) is 3.16. The molecular weight excluding hydrogens is 466 g/mol. The van der Waals surface area contributed by atoms with Crippen molar-refractivity contribution in [1.29, 1.82) is 0 Å². The second kappa shape index (κ2) is 8.61. The number of hydrogen-bond acceptors (Lipinski definition) is 5. The van der Waals surface area contributed by atoms with Crippen LogP contribution in [0.5, 0.6) is 0 Å². The second-order valence-corrected chi connectivity index (χ2v) is 8.69. The Labute approximate surface area is 185 Å². The minimum absolute atomic E-state index is 0.0766. The molecule has 4 rings (SSSR count). The summed E-state index contributed by atoms with van der Waals surface area (Å²) < 4.78 is 4.49. The van der Waals surface area contributed by atoms with E-state index in [1.54, 1.807) is 10.6 Å². The van der Waals surface area contributed by atoms with Gasteiger partial charge in [0.1, 0.15) is 0 Å². The molecule has 154 valence electrons. The molecule has 0 bridgehead atoms. The molecule has 7 nitrogen and oxygen atoms in total. The fourth-order valence-electron chi connectivity index (χ4n) is 3.30. The van der Waals surface area contributed by atoms with Crippen molar-refractivity contribution in [3.8, 4) is 0 Å². The van der Waals surface area contributed by atoms with E-state index in [1.807, 2.05) is 54.6 Å². The van der Waals surface area contributed by atoms with Gasteiger partial charge < -0.3 is 5.32 Å². The molecular formula is C21H20BrN5O2S. The number of carbonyl (C=O) groups excluding carboxylic acids is 1. The van der Waals surface area contributed by atoms with Gasteiger partial charge in [-0.05, 0) is 49.2 Å². The molecule has 0 atom stereocenters. The van der Waals surface area contributed by atoms with Gasteiger partial charge in [0.25, 0.3) is 5.56 Å².